The van der Waals surface area contributed by atoms with Gasteiger partial charge in [0.15, 0.2) is 0 Å². The minimum atomic E-state index is 0.423. The van der Waals surface area contributed by atoms with Crippen LogP contribution in [0.2, 0.25) is 0 Å². The number of hydrogen-bond acceptors (Lipinski definition) is 2. The van der Waals surface area contributed by atoms with E-state index in [1.807, 2.05) is 12.1 Å². The topological polar surface area (TPSA) is 39.2 Å². The summed E-state index contributed by atoms with van der Waals surface area (Å²) >= 11 is 0. The summed E-state index contributed by atoms with van der Waals surface area (Å²) in [7, 11) is 0. The van der Waals surface area contributed by atoms with Crippen molar-refractivity contribution in [2.45, 2.75) is 19.8 Å². The molecular formula is C10H15NO. The molecule has 2 N–H and O–H groups in total. The first-order valence-electron chi connectivity index (χ1n) is 4.47. The minimum absolute atomic E-state index is 0.423. The van der Waals surface area contributed by atoms with E-state index in [-0.39, 0.29) is 0 Å². The molecule has 1 heterocycles. The molecule has 66 valence electrons. The van der Waals surface area contributed by atoms with Gasteiger partial charge in [-0.1, -0.05) is 6.92 Å². The predicted molar refractivity (Wildman–Crippen MR) is 47.7 cm³/mol. The Labute approximate surface area is 72.7 Å². The highest BCUT2D eigenvalue weighted by atomic mass is 16.3. The molecule has 0 saturated heterocycles. The van der Waals surface area contributed by atoms with E-state index in [1.54, 1.807) is 6.26 Å². The first-order valence-corrected chi connectivity index (χ1v) is 4.47. The summed E-state index contributed by atoms with van der Waals surface area (Å²) in [4.78, 5) is 0. The Balaban J connectivity index is 1.97. The zero-order valence-electron chi connectivity index (χ0n) is 7.42. The van der Waals surface area contributed by atoms with E-state index in [0.29, 0.717) is 11.3 Å². The van der Waals surface area contributed by atoms with Gasteiger partial charge in [0, 0.05) is 6.42 Å². The molecule has 1 saturated carbocycles. The number of rotatable bonds is 3. The van der Waals surface area contributed by atoms with Gasteiger partial charge in [-0.25, -0.2) is 0 Å². The third-order valence-electron chi connectivity index (χ3n) is 2.98. The number of hydrogen-bond donors (Lipinski definition) is 1. The summed E-state index contributed by atoms with van der Waals surface area (Å²) in [5.74, 6) is 1.80. The lowest BCUT2D eigenvalue weighted by Crippen LogP contribution is -2.10. The normalized spacial score (nSPS) is 33.7. The van der Waals surface area contributed by atoms with Crippen molar-refractivity contribution in [3.05, 3.63) is 24.2 Å². The molecule has 1 aromatic rings. The predicted octanol–water partition coefficient (Wildman–Crippen LogP) is 1.81. The molecule has 2 heteroatoms. The van der Waals surface area contributed by atoms with Crippen molar-refractivity contribution >= 4 is 0 Å². The molecule has 2 unspecified atom stereocenters. The van der Waals surface area contributed by atoms with Gasteiger partial charge < -0.3 is 10.2 Å². The van der Waals surface area contributed by atoms with Gasteiger partial charge in [0.05, 0.1) is 6.26 Å². The molecule has 1 aliphatic rings. The second-order valence-electron chi connectivity index (χ2n) is 4.05. The fourth-order valence-corrected chi connectivity index (χ4v) is 1.90. The van der Waals surface area contributed by atoms with Gasteiger partial charge in [0.1, 0.15) is 5.76 Å². The van der Waals surface area contributed by atoms with Crippen molar-refractivity contribution in [3.8, 4) is 0 Å². The molecule has 0 aromatic carbocycles. The van der Waals surface area contributed by atoms with Gasteiger partial charge >= 0.3 is 0 Å². The Morgan fingerprint density at radius 2 is 2.58 bits per heavy atom. The second-order valence-corrected chi connectivity index (χ2v) is 4.05. The summed E-state index contributed by atoms with van der Waals surface area (Å²) < 4.78 is 5.30. The van der Waals surface area contributed by atoms with Crippen LogP contribution in [-0.2, 0) is 6.42 Å². The zero-order valence-corrected chi connectivity index (χ0v) is 7.42. The van der Waals surface area contributed by atoms with E-state index in [9.17, 15) is 0 Å². The third-order valence-corrected chi connectivity index (χ3v) is 2.98. The van der Waals surface area contributed by atoms with E-state index in [1.165, 1.54) is 6.42 Å². The standard InChI is InChI=1S/C10H15NO/c1-10(5-8(10)7-11)6-9-3-2-4-12-9/h2-4,8H,5-7,11H2,1H3. The lowest BCUT2D eigenvalue weighted by molar-refractivity contribution is 0.423. The molecule has 0 aliphatic heterocycles. The van der Waals surface area contributed by atoms with E-state index >= 15 is 0 Å². The van der Waals surface area contributed by atoms with Crippen LogP contribution in [0.4, 0.5) is 0 Å². The molecule has 2 atom stereocenters. The maximum atomic E-state index is 5.61. The lowest BCUT2D eigenvalue weighted by atomic mass is 10.0. The molecule has 2 rings (SSSR count). The molecule has 1 aromatic heterocycles. The Morgan fingerprint density at radius 1 is 1.75 bits per heavy atom. The van der Waals surface area contributed by atoms with Crippen LogP contribution in [0, 0.1) is 11.3 Å². The van der Waals surface area contributed by atoms with Gasteiger partial charge in [0.25, 0.3) is 0 Å². The number of furan rings is 1. The van der Waals surface area contributed by atoms with Gasteiger partial charge in [-0.05, 0) is 36.4 Å². The molecule has 0 spiro atoms. The molecule has 0 amide bonds. The highest BCUT2D eigenvalue weighted by Crippen LogP contribution is 2.53. The van der Waals surface area contributed by atoms with Crippen LogP contribution < -0.4 is 5.73 Å². The quantitative estimate of drug-likeness (QED) is 0.741. The highest BCUT2D eigenvalue weighted by molar-refractivity contribution is 5.09. The SMILES string of the molecule is CC1(Cc2ccco2)CC1CN. The fraction of sp³-hybridized carbons (Fsp3) is 0.600. The zero-order chi connectivity index (χ0) is 8.60. The Morgan fingerprint density at radius 3 is 3.08 bits per heavy atom. The van der Waals surface area contributed by atoms with Crippen molar-refractivity contribution in [1.82, 2.24) is 0 Å². The first kappa shape index (κ1) is 7.87. The van der Waals surface area contributed by atoms with Crippen LogP contribution in [0.3, 0.4) is 0 Å². The van der Waals surface area contributed by atoms with Crippen LogP contribution in [0.15, 0.2) is 22.8 Å². The van der Waals surface area contributed by atoms with Crippen LogP contribution in [-0.4, -0.2) is 6.54 Å². The van der Waals surface area contributed by atoms with Crippen LogP contribution in [0.25, 0.3) is 0 Å². The van der Waals surface area contributed by atoms with E-state index < -0.39 is 0 Å². The van der Waals surface area contributed by atoms with Crippen LogP contribution in [0.5, 0.6) is 0 Å². The van der Waals surface area contributed by atoms with Crippen molar-refractivity contribution in [3.63, 3.8) is 0 Å². The third kappa shape index (κ3) is 1.27. The van der Waals surface area contributed by atoms with Gasteiger partial charge in [-0.3, -0.25) is 0 Å². The lowest BCUT2D eigenvalue weighted by Gasteiger charge is -2.06. The summed E-state index contributed by atoms with van der Waals surface area (Å²) in [5.41, 5.74) is 6.03. The molecular weight excluding hydrogens is 150 g/mol. The summed E-state index contributed by atoms with van der Waals surface area (Å²) in [6.07, 6.45) is 4.03. The first-order chi connectivity index (χ1) is 5.74. The molecule has 1 fully saturated rings. The van der Waals surface area contributed by atoms with Crippen molar-refractivity contribution in [2.24, 2.45) is 17.1 Å². The minimum Gasteiger partial charge on any atom is -0.469 e. The Hall–Kier alpha value is -0.760. The van der Waals surface area contributed by atoms with Crippen molar-refractivity contribution in [1.29, 1.82) is 0 Å². The largest absolute Gasteiger partial charge is 0.469 e. The van der Waals surface area contributed by atoms with E-state index in [2.05, 4.69) is 6.92 Å². The molecule has 12 heavy (non-hydrogen) atoms. The second kappa shape index (κ2) is 2.63. The monoisotopic (exact) mass is 165 g/mol. The highest BCUT2D eigenvalue weighted by Gasteiger charge is 2.49. The molecule has 1 aliphatic carbocycles. The van der Waals surface area contributed by atoms with Gasteiger partial charge in [-0.2, -0.15) is 0 Å². The molecule has 0 radical (unpaired) electrons. The molecule has 2 nitrogen and oxygen atoms in total. The number of nitrogens with two attached hydrogens (primary N) is 1. The summed E-state index contributed by atoms with van der Waals surface area (Å²) in [6.45, 7) is 3.10. The van der Waals surface area contributed by atoms with Crippen molar-refractivity contribution < 1.29 is 4.42 Å². The maximum Gasteiger partial charge on any atom is 0.104 e. The summed E-state index contributed by atoms with van der Waals surface area (Å²) in [6, 6.07) is 3.98. The van der Waals surface area contributed by atoms with Crippen LogP contribution in [0.1, 0.15) is 19.1 Å². The average molecular weight is 165 g/mol. The van der Waals surface area contributed by atoms with Crippen molar-refractivity contribution in [2.75, 3.05) is 6.54 Å². The Kier molecular flexibility index (Phi) is 1.72. The van der Waals surface area contributed by atoms with Gasteiger partial charge in [-0.15, -0.1) is 0 Å². The molecule has 0 bridgehead atoms. The average Bonchev–Trinajstić information content (AvgIpc) is 2.48. The smallest absolute Gasteiger partial charge is 0.104 e. The summed E-state index contributed by atoms with van der Waals surface area (Å²) in [5, 5.41) is 0. The van der Waals surface area contributed by atoms with E-state index in [0.717, 1.165) is 18.7 Å². The fourth-order valence-electron chi connectivity index (χ4n) is 1.90. The van der Waals surface area contributed by atoms with E-state index in [4.69, 9.17) is 10.2 Å². The van der Waals surface area contributed by atoms with Crippen LogP contribution >= 0.6 is 0 Å². The van der Waals surface area contributed by atoms with Gasteiger partial charge in [0.2, 0.25) is 0 Å². The maximum absolute atomic E-state index is 5.61. The Bertz CT molecular complexity index is 255.